The minimum Gasteiger partial charge on any atom is -0.384 e. The van der Waals surface area contributed by atoms with Crippen LogP contribution in [0.2, 0.25) is 0 Å². The van der Waals surface area contributed by atoms with Gasteiger partial charge in [-0.05, 0) is 79.8 Å². The zero-order chi connectivity index (χ0) is 17.2. The van der Waals surface area contributed by atoms with E-state index >= 15 is 0 Å². The Morgan fingerprint density at radius 3 is 2.74 bits per heavy atom. The molecule has 0 aromatic rings. The van der Waals surface area contributed by atoms with Crippen molar-refractivity contribution in [3.05, 3.63) is 69.1 Å². The topological polar surface area (TPSA) is 24.1 Å². The van der Waals surface area contributed by atoms with E-state index in [-0.39, 0.29) is 0 Å². The Morgan fingerprint density at radius 2 is 2.09 bits per heavy atom. The molecule has 1 rings (SSSR count). The van der Waals surface area contributed by atoms with E-state index in [1.165, 1.54) is 11.1 Å². The summed E-state index contributed by atoms with van der Waals surface area (Å²) >= 11 is 3.65. The van der Waals surface area contributed by atoms with Crippen LogP contribution in [-0.2, 0) is 0 Å². The van der Waals surface area contributed by atoms with Crippen LogP contribution in [0.3, 0.4) is 0 Å². The van der Waals surface area contributed by atoms with E-state index in [0.717, 1.165) is 35.1 Å². The van der Waals surface area contributed by atoms with Crippen LogP contribution in [0.15, 0.2) is 69.1 Å². The Morgan fingerprint density at radius 1 is 1.35 bits per heavy atom. The second-order valence-corrected chi connectivity index (χ2v) is 6.52. The normalized spacial score (nSPS) is 17.1. The van der Waals surface area contributed by atoms with Crippen molar-refractivity contribution in [3.63, 3.8) is 0 Å². The largest absolute Gasteiger partial charge is 0.384 e. The summed E-state index contributed by atoms with van der Waals surface area (Å²) in [4.78, 5) is 0. The summed E-state index contributed by atoms with van der Waals surface area (Å²) < 4.78 is 13.4. The van der Waals surface area contributed by atoms with Crippen LogP contribution < -0.4 is 10.9 Å². The van der Waals surface area contributed by atoms with Gasteiger partial charge in [-0.3, -0.25) is 0 Å². The lowest BCUT2D eigenvalue weighted by atomic mass is 10.1. The van der Waals surface area contributed by atoms with Crippen molar-refractivity contribution in [2.45, 2.75) is 40.5 Å². The second-order valence-electron chi connectivity index (χ2n) is 5.66. The number of nitrogens with one attached hydrogen (secondary N) is 2. The average Bonchev–Trinajstić information content (AvgIpc) is 2.64. The molecule has 0 fully saturated rings. The van der Waals surface area contributed by atoms with Crippen LogP contribution in [0.4, 0.5) is 4.48 Å². The molecule has 4 heteroatoms. The maximum absolute atomic E-state index is 12.3. The van der Waals surface area contributed by atoms with E-state index in [2.05, 4.69) is 53.3 Å². The highest BCUT2D eigenvalue weighted by atomic mass is 79.9. The molecule has 1 aliphatic carbocycles. The fourth-order valence-electron chi connectivity index (χ4n) is 2.22. The van der Waals surface area contributed by atoms with Gasteiger partial charge in [0.25, 0.3) is 0 Å². The number of halogens is 2. The van der Waals surface area contributed by atoms with Crippen LogP contribution in [0.5, 0.6) is 0 Å². The van der Waals surface area contributed by atoms with Gasteiger partial charge in [-0.15, -0.1) is 4.48 Å². The summed E-state index contributed by atoms with van der Waals surface area (Å²) in [7, 11) is 0. The van der Waals surface area contributed by atoms with Crippen molar-refractivity contribution in [2.75, 3.05) is 6.54 Å². The summed E-state index contributed by atoms with van der Waals surface area (Å²) in [6.07, 6.45) is 13.9. The van der Waals surface area contributed by atoms with Crippen LogP contribution >= 0.6 is 15.9 Å². The molecule has 0 amide bonds. The summed E-state index contributed by atoms with van der Waals surface area (Å²) in [5.41, 5.74) is 7.03. The molecule has 0 atom stereocenters. The molecule has 0 aromatic heterocycles. The first-order valence-electron chi connectivity index (χ1n) is 7.82. The van der Waals surface area contributed by atoms with Crippen molar-refractivity contribution in [3.8, 4) is 0 Å². The number of allylic oxidation sites excluding steroid dienone is 10. The molecule has 0 aromatic carbocycles. The van der Waals surface area contributed by atoms with Gasteiger partial charge in [0.05, 0.1) is 0 Å². The van der Waals surface area contributed by atoms with E-state index in [9.17, 15) is 4.48 Å². The molecule has 0 bridgehead atoms. The van der Waals surface area contributed by atoms with Crippen molar-refractivity contribution in [1.82, 2.24) is 10.9 Å². The van der Waals surface area contributed by atoms with Gasteiger partial charge < -0.3 is 5.32 Å². The van der Waals surface area contributed by atoms with Crippen molar-refractivity contribution < 1.29 is 4.48 Å². The predicted molar refractivity (Wildman–Crippen MR) is 102 cm³/mol. The highest BCUT2D eigenvalue weighted by Crippen LogP contribution is 2.26. The van der Waals surface area contributed by atoms with Gasteiger partial charge in [0, 0.05) is 22.4 Å². The Bertz CT molecular complexity index is 592. The molecule has 0 aliphatic heterocycles. The SMILES string of the molecule is C\C=C/C(=C\C=C(/C)NF)CCNC1=C(C)CC=C(C)C=C1Br. The highest BCUT2D eigenvalue weighted by Gasteiger charge is 2.09. The highest BCUT2D eigenvalue weighted by molar-refractivity contribution is 9.12. The van der Waals surface area contributed by atoms with E-state index in [4.69, 9.17) is 0 Å². The molecule has 0 unspecified atom stereocenters. The Labute approximate surface area is 147 Å². The molecule has 0 heterocycles. The average molecular weight is 381 g/mol. The van der Waals surface area contributed by atoms with E-state index in [1.807, 2.05) is 19.1 Å². The Kier molecular flexibility index (Phi) is 8.70. The summed E-state index contributed by atoms with van der Waals surface area (Å²) in [5.74, 6) is 0. The molecule has 0 spiro atoms. The number of hydrogen-bond donors (Lipinski definition) is 2. The minimum atomic E-state index is 0.495. The zero-order valence-electron chi connectivity index (χ0n) is 14.3. The van der Waals surface area contributed by atoms with Gasteiger partial charge >= 0.3 is 0 Å². The fourth-order valence-corrected chi connectivity index (χ4v) is 3.06. The molecule has 126 valence electrons. The lowest BCUT2D eigenvalue weighted by Crippen LogP contribution is -2.17. The van der Waals surface area contributed by atoms with Gasteiger partial charge in [-0.1, -0.05) is 29.9 Å². The molecule has 1 aliphatic rings. The first-order chi connectivity index (χ1) is 11.0. The molecular formula is C19H26BrFN2. The van der Waals surface area contributed by atoms with Crippen molar-refractivity contribution in [1.29, 1.82) is 0 Å². The maximum atomic E-state index is 12.3. The monoisotopic (exact) mass is 380 g/mol. The fraction of sp³-hybridized carbons (Fsp3) is 0.368. The maximum Gasteiger partial charge on any atom is 0.0477 e. The number of rotatable bonds is 7. The standard InChI is InChI=1S/C19H26BrFN2/c1-5-6-17(10-9-16(4)23-21)11-12-22-19-15(3)8-7-14(2)13-18(19)20/h5-7,9-10,13,22-23H,8,11-12H2,1-4H3/b6-5-,16-9+,17-10+. The molecular weight excluding hydrogens is 355 g/mol. The number of hydrogen-bond acceptors (Lipinski definition) is 2. The summed E-state index contributed by atoms with van der Waals surface area (Å²) in [6.45, 7) is 8.75. The van der Waals surface area contributed by atoms with Crippen LogP contribution in [0.25, 0.3) is 0 Å². The molecule has 0 saturated carbocycles. The van der Waals surface area contributed by atoms with Gasteiger partial charge in [0.2, 0.25) is 0 Å². The molecule has 2 nitrogen and oxygen atoms in total. The molecule has 23 heavy (non-hydrogen) atoms. The minimum absolute atomic E-state index is 0.495. The summed E-state index contributed by atoms with van der Waals surface area (Å²) in [6, 6.07) is 0. The predicted octanol–water partition coefficient (Wildman–Crippen LogP) is 5.75. The Balaban J connectivity index is 2.72. The second kappa shape index (κ2) is 10.3. The van der Waals surface area contributed by atoms with Crippen LogP contribution in [-0.4, -0.2) is 6.54 Å². The van der Waals surface area contributed by atoms with Gasteiger partial charge in [0.1, 0.15) is 0 Å². The first kappa shape index (κ1) is 19.5. The van der Waals surface area contributed by atoms with Gasteiger partial charge in [-0.2, -0.15) is 0 Å². The third-order valence-corrected chi connectivity index (χ3v) is 4.17. The van der Waals surface area contributed by atoms with Crippen LogP contribution in [0, 0.1) is 0 Å². The third-order valence-electron chi connectivity index (χ3n) is 3.54. The quantitative estimate of drug-likeness (QED) is 0.433. The Hall–Kier alpha value is -1.55. The van der Waals surface area contributed by atoms with Crippen molar-refractivity contribution in [2.24, 2.45) is 0 Å². The van der Waals surface area contributed by atoms with E-state index < -0.39 is 0 Å². The first-order valence-corrected chi connectivity index (χ1v) is 8.62. The van der Waals surface area contributed by atoms with Gasteiger partial charge in [-0.25, -0.2) is 5.54 Å². The third kappa shape index (κ3) is 7.04. The molecule has 0 saturated heterocycles. The smallest absolute Gasteiger partial charge is 0.0477 e. The van der Waals surface area contributed by atoms with Gasteiger partial charge in [0.15, 0.2) is 0 Å². The van der Waals surface area contributed by atoms with Crippen molar-refractivity contribution >= 4 is 15.9 Å². The molecule has 0 radical (unpaired) electrons. The van der Waals surface area contributed by atoms with Crippen LogP contribution in [0.1, 0.15) is 40.5 Å². The zero-order valence-corrected chi connectivity index (χ0v) is 15.9. The molecule has 2 N–H and O–H groups in total. The van der Waals surface area contributed by atoms with E-state index in [0.29, 0.717) is 5.70 Å². The van der Waals surface area contributed by atoms with E-state index in [1.54, 1.807) is 18.5 Å². The lowest BCUT2D eigenvalue weighted by molar-refractivity contribution is 0.386. The summed E-state index contributed by atoms with van der Waals surface area (Å²) in [5, 5.41) is 3.52. The lowest BCUT2D eigenvalue weighted by Gasteiger charge is -2.13.